The average molecular weight is 259 g/mol. The molecule has 2 aromatic rings. The standard InChI is InChI=1S/C14H13NO2S/c1-9-7-8-18-14(9)13(17)11-3-5-12(6-4-11)15-10(2)16/h3-8H,1-2H3,(H,15,16). The van der Waals surface area contributed by atoms with Gasteiger partial charge in [-0.3, -0.25) is 9.59 Å². The molecule has 1 heterocycles. The fourth-order valence-electron chi connectivity index (χ4n) is 1.64. The molecule has 0 saturated heterocycles. The van der Waals surface area contributed by atoms with Crippen molar-refractivity contribution in [3.05, 3.63) is 51.7 Å². The number of benzene rings is 1. The van der Waals surface area contributed by atoms with Crippen molar-refractivity contribution >= 4 is 28.7 Å². The van der Waals surface area contributed by atoms with Crippen molar-refractivity contribution in [2.75, 3.05) is 5.32 Å². The van der Waals surface area contributed by atoms with Crippen LogP contribution in [0, 0.1) is 6.92 Å². The summed E-state index contributed by atoms with van der Waals surface area (Å²) in [6, 6.07) is 8.86. The van der Waals surface area contributed by atoms with Gasteiger partial charge < -0.3 is 5.32 Å². The highest BCUT2D eigenvalue weighted by Gasteiger charge is 2.12. The smallest absolute Gasteiger partial charge is 0.221 e. The van der Waals surface area contributed by atoms with E-state index in [4.69, 9.17) is 0 Å². The number of carbonyl (C=O) groups is 2. The fourth-order valence-corrected chi connectivity index (χ4v) is 2.53. The second-order valence-corrected chi connectivity index (χ2v) is 4.94. The molecule has 0 aliphatic carbocycles. The first-order valence-corrected chi connectivity index (χ1v) is 6.42. The van der Waals surface area contributed by atoms with Crippen LogP contribution in [0.15, 0.2) is 35.7 Å². The SMILES string of the molecule is CC(=O)Nc1ccc(C(=O)c2sccc2C)cc1. The molecule has 18 heavy (non-hydrogen) atoms. The summed E-state index contributed by atoms with van der Waals surface area (Å²) < 4.78 is 0. The van der Waals surface area contributed by atoms with Crippen LogP contribution in [-0.4, -0.2) is 11.7 Å². The van der Waals surface area contributed by atoms with Gasteiger partial charge in [-0.15, -0.1) is 11.3 Å². The van der Waals surface area contributed by atoms with Crippen molar-refractivity contribution in [3.63, 3.8) is 0 Å². The second kappa shape index (κ2) is 5.14. The average Bonchev–Trinajstić information content (AvgIpc) is 2.75. The van der Waals surface area contributed by atoms with Gasteiger partial charge in [-0.1, -0.05) is 0 Å². The molecule has 0 aliphatic rings. The van der Waals surface area contributed by atoms with Crippen LogP contribution < -0.4 is 5.32 Å². The Kier molecular flexibility index (Phi) is 3.58. The largest absolute Gasteiger partial charge is 0.326 e. The number of anilines is 1. The van der Waals surface area contributed by atoms with Gasteiger partial charge in [0.15, 0.2) is 0 Å². The lowest BCUT2D eigenvalue weighted by atomic mass is 10.1. The predicted molar refractivity (Wildman–Crippen MR) is 73.2 cm³/mol. The van der Waals surface area contributed by atoms with E-state index >= 15 is 0 Å². The summed E-state index contributed by atoms with van der Waals surface area (Å²) >= 11 is 1.45. The number of ketones is 1. The van der Waals surface area contributed by atoms with E-state index < -0.39 is 0 Å². The predicted octanol–water partition coefficient (Wildman–Crippen LogP) is 3.25. The Morgan fingerprint density at radius 3 is 2.28 bits per heavy atom. The van der Waals surface area contributed by atoms with Gasteiger partial charge in [-0.05, 0) is 48.2 Å². The highest BCUT2D eigenvalue weighted by Crippen LogP contribution is 2.20. The van der Waals surface area contributed by atoms with Gasteiger partial charge in [-0.25, -0.2) is 0 Å². The van der Waals surface area contributed by atoms with Gasteiger partial charge in [0.25, 0.3) is 0 Å². The van der Waals surface area contributed by atoms with Gasteiger partial charge in [-0.2, -0.15) is 0 Å². The third kappa shape index (κ3) is 2.65. The minimum atomic E-state index is -0.122. The molecule has 92 valence electrons. The van der Waals surface area contributed by atoms with Crippen molar-refractivity contribution in [3.8, 4) is 0 Å². The van der Waals surface area contributed by atoms with E-state index in [1.807, 2.05) is 18.4 Å². The van der Waals surface area contributed by atoms with Crippen LogP contribution in [0.2, 0.25) is 0 Å². The molecule has 2 rings (SSSR count). The molecule has 0 unspecified atom stereocenters. The summed E-state index contributed by atoms with van der Waals surface area (Å²) in [4.78, 5) is 23.8. The van der Waals surface area contributed by atoms with Crippen molar-refractivity contribution in [1.29, 1.82) is 0 Å². The van der Waals surface area contributed by atoms with E-state index in [-0.39, 0.29) is 11.7 Å². The van der Waals surface area contributed by atoms with E-state index in [1.165, 1.54) is 18.3 Å². The highest BCUT2D eigenvalue weighted by molar-refractivity contribution is 7.12. The van der Waals surface area contributed by atoms with Crippen molar-refractivity contribution < 1.29 is 9.59 Å². The maximum atomic E-state index is 12.2. The van der Waals surface area contributed by atoms with Crippen LogP contribution in [0.4, 0.5) is 5.69 Å². The molecule has 0 aliphatic heterocycles. The quantitative estimate of drug-likeness (QED) is 0.860. The van der Waals surface area contributed by atoms with Crippen LogP contribution >= 0.6 is 11.3 Å². The zero-order valence-electron chi connectivity index (χ0n) is 10.2. The van der Waals surface area contributed by atoms with Crippen LogP contribution in [-0.2, 0) is 4.79 Å². The van der Waals surface area contributed by atoms with Crippen LogP contribution in [0.3, 0.4) is 0 Å². The van der Waals surface area contributed by atoms with Crippen molar-refractivity contribution in [2.45, 2.75) is 13.8 Å². The molecule has 4 heteroatoms. The number of thiophene rings is 1. The fraction of sp³-hybridized carbons (Fsp3) is 0.143. The topological polar surface area (TPSA) is 46.2 Å². The number of aryl methyl sites for hydroxylation is 1. The summed E-state index contributed by atoms with van der Waals surface area (Å²) in [6.45, 7) is 3.38. The van der Waals surface area contributed by atoms with Crippen LogP contribution in [0.25, 0.3) is 0 Å². The minimum absolute atomic E-state index is 0.0249. The van der Waals surface area contributed by atoms with Crippen LogP contribution in [0.5, 0.6) is 0 Å². The molecule has 0 atom stereocenters. The summed E-state index contributed by atoms with van der Waals surface area (Å²) in [6.07, 6.45) is 0. The normalized spacial score (nSPS) is 10.1. The van der Waals surface area contributed by atoms with E-state index in [2.05, 4.69) is 5.32 Å². The highest BCUT2D eigenvalue weighted by atomic mass is 32.1. The number of carbonyl (C=O) groups excluding carboxylic acids is 2. The monoisotopic (exact) mass is 259 g/mol. The van der Waals surface area contributed by atoms with E-state index in [1.54, 1.807) is 24.3 Å². The van der Waals surface area contributed by atoms with E-state index in [0.717, 1.165) is 10.4 Å². The molecule has 0 radical (unpaired) electrons. The minimum Gasteiger partial charge on any atom is -0.326 e. The van der Waals surface area contributed by atoms with Gasteiger partial charge in [0.2, 0.25) is 11.7 Å². The Labute approximate surface area is 109 Å². The lowest BCUT2D eigenvalue weighted by Gasteiger charge is -2.03. The Bertz CT molecular complexity index is 584. The first kappa shape index (κ1) is 12.5. The summed E-state index contributed by atoms with van der Waals surface area (Å²) in [5.74, 6) is -0.0972. The molecule has 1 N–H and O–H groups in total. The van der Waals surface area contributed by atoms with E-state index in [9.17, 15) is 9.59 Å². The Hall–Kier alpha value is -1.94. The van der Waals surface area contributed by atoms with E-state index in [0.29, 0.717) is 11.3 Å². The van der Waals surface area contributed by atoms with Gasteiger partial charge in [0.05, 0.1) is 4.88 Å². The summed E-state index contributed by atoms with van der Waals surface area (Å²) in [5, 5.41) is 4.58. The lowest BCUT2D eigenvalue weighted by molar-refractivity contribution is -0.114. The molecule has 0 spiro atoms. The summed E-state index contributed by atoms with van der Waals surface area (Å²) in [7, 11) is 0. The lowest BCUT2D eigenvalue weighted by Crippen LogP contribution is -2.06. The van der Waals surface area contributed by atoms with Crippen molar-refractivity contribution in [2.24, 2.45) is 0 Å². The van der Waals surface area contributed by atoms with Crippen molar-refractivity contribution in [1.82, 2.24) is 0 Å². The third-order valence-corrected chi connectivity index (χ3v) is 3.55. The van der Waals surface area contributed by atoms with Crippen LogP contribution in [0.1, 0.15) is 27.7 Å². The molecule has 0 fully saturated rings. The molecule has 1 aromatic heterocycles. The number of nitrogens with one attached hydrogen (secondary N) is 1. The zero-order chi connectivity index (χ0) is 13.1. The number of rotatable bonds is 3. The van der Waals surface area contributed by atoms with Gasteiger partial charge >= 0.3 is 0 Å². The summed E-state index contributed by atoms with van der Waals surface area (Å²) in [5.41, 5.74) is 2.33. The Morgan fingerprint density at radius 1 is 1.11 bits per heavy atom. The second-order valence-electron chi connectivity index (χ2n) is 4.02. The molecule has 1 amide bonds. The zero-order valence-corrected chi connectivity index (χ0v) is 11.0. The number of amides is 1. The molecule has 1 aromatic carbocycles. The molecule has 3 nitrogen and oxygen atoms in total. The maximum Gasteiger partial charge on any atom is 0.221 e. The Balaban J connectivity index is 2.22. The van der Waals surface area contributed by atoms with Gasteiger partial charge in [0, 0.05) is 18.2 Å². The first-order valence-electron chi connectivity index (χ1n) is 5.54. The number of hydrogen-bond acceptors (Lipinski definition) is 3. The third-order valence-electron chi connectivity index (χ3n) is 2.54. The molecular weight excluding hydrogens is 246 g/mol. The molecule has 0 saturated carbocycles. The maximum absolute atomic E-state index is 12.2. The molecular formula is C14H13NO2S. The first-order chi connectivity index (χ1) is 8.58. The Morgan fingerprint density at radius 2 is 1.78 bits per heavy atom. The molecule has 0 bridgehead atoms. The van der Waals surface area contributed by atoms with Gasteiger partial charge in [0.1, 0.15) is 0 Å². The number of hydrogen-bond donors (Lipinski definition) is 1.